The van der Waals surface area contributed by atoms with Crippen molar-refractivity contribution < 1.29 is 24.2 Å². The molecule has 2 amide bonds. The molecule has 4 heterocycles. The molecule has 1 atom stereocenters. The van der Waals surface area contributed by atoms with E-state index in [0.29, 0.717) is 48.2 Å². The minimum Gasteiger partial charge on any atom is -0.480 e. The third-order valence-corrected chi connectivity index (χ3v) is 6.67. The maximum atomic E-state index is 12.4. The third kappa shape index (κ3) is 5.59. The predicted molar refractivity (Wildman–Crippen MR) is 145 cm³/mol. The summed E-state index contributed by atoms with van der Waals surface area (Å²) in [6.45, 7) is 2.78. The Hall–Kier alpha value is -4.74. The molecule has 12 heteroatoms. The maximum Gasteiger partial charge on any atom is 0.322 e. The van der Waals surface area contributed by atoms with Crippen LogP contribution in [0.1, 0.15) is 32.6 Å². The molecule has 0 spiro atoms. The van der Waals surface area contributed by atoms with Gasteiger partial charge in [-0.05, 0) is 36.6 Å². The molecule has 2 aliphatic heterocycles. The summed E-state index contributed by atoms with van der Waals surface area (Å²) in [6, 6.07) is 9.12. The number of nitrogens with one attached hydrogen (secondary N) is 2. The van der Waals surface area contributed by atoms with E-state index in [4.69, 9.17) is 4.74 Å². The molecule has 1 fully saturated rings. The molecular weight excluding hydrogens is 502 g/mol. The number of ether oxygens (including phenoxy) is 1. The van der Waals surface area contributed by atoms with Gasteiger partial charge < -0.3 is 30.3 Å². The van der Waals surface area contributed by atoms with Crippen LogP contribution in [-0.2, 0) is 14.4 Å². The Morgan fingerprint density at radius 2 is 2.08 bits per heavy atom. The van der Waals surface area contributed by atoms with Gasteiger partial charge in [0.15, 0.2) is 0 Å². The van der Waals surface area contributed by atoms with Crippen LogP contribution in [0.15, 0.2) is 42.7 Å². The normalized spacial score (nSPS) is 15.7. The first kappa shape index (κ1) is 25.9. The number of carbonyl (C=O) groups excluding carboxylic acids is 2. The Morgan fingerprint density at radius 1 is 1.26 bits per heavy atom. The van der Waals surface area contributed by atoms with Gasteiger partial charge in [0.25, 0.3) is 0 Å². The highest BCUT2D eigenvalue weighted by Crippen LogP contribution is 2.39. The van der Waals surface area contributed by atoms with E-state index < -0.39 is 5.97 Å². The highest BCUT2D eigenvalue weighted by atomic mass is 16.5. The van der Waals surface area contributed by atoms with E-state index in [1.54, 1.807) is 28.3 Å². The summed E-state index contributed by atoms with van der Waals surface area (Å²) in [5.41, 5.74) is 3.28. The second-order valence-corrected chi connectivity index (χ2v) is 9.34. The lowest BCUT2D eigenvalue weighted by molar-refractivity contribution is -0.135. The van der Waals surface area contributed by atoms with Gasteiger partial charge in [-0.25, -0.2) is 9.97 Å². The molecular formula is C27H29N7O5. The highest BCUT2D eigenvalue weighted by molar-refractivity contribution is 5.98. The molecule has 5 rings (SSSR count). The average Bonchev–Trinajstić information content (AvgIpc) is 3.34. The molecule has 0 radical (unpaired) electrons. The number of amides is 2. The number of pyridine rings is 1. The Balaban J connectivity index is 1.40. The number of aromatic nitrogens is 3. The van der Waals surface area contributed by atoms with E-state index in [-0.39, 0.29) is 24.4 Å². The smallest absolute Gasteiger partial charge is 0.322 e. The fourth-order valence-corrected chi connectivity index (χ4v) is 4.68. The molecule has 12 nitrogen and oxygen atoms in total. The van der Waals surface area contributed by atoms with Crippen molar-refractivity contribution >= 4 is 47.1 Å². The maximum absolute atomic E-state index is 12.4. The number of aliphatic carboxylic acids is 1. The number of hydrogen-bond donors (Lipinski definition) is 3. The van der Waals surface area contributed by atoms with E-state index >= 15 is 0 Å². The number of carbonyl (C=O) groups is 3. The lowest BCUT2D eigenvalue weighted by Gasteiger charge is -2.31. The highest BCUT2D eigenvalue weighted by Gasteiger charge is 2.38. The standard InChI is InChI=1S/C27H29N7O5/c1-2-3-10-33(16-35)19-6-4-17(5-7-19)21-13-30-27(32-25(21)28-14-24(37)38)31-18-11-22-26(29-12-18)39-15-20-8-9-23(36)34(20)22/h4-7,11-13,16,20H,2-3,8-10,14-15H2,1H3,(H,37,38)(H2,28,30,31,32). The Labute approximate surface area is 225 Å². The number of anilines is 5. The number of hydrogen-bond acceptors (Lipinski definition) is 9. The SMILES string of the molecule is CCCCN(C=O)c1ccc(-c2cnc(Nc3cnc4c(c3)N3C(=O)CCC3CO4)nc2NCC(=O)O)cc1. The monoisotopic (exact) mass is 531 g/mol. The van der Waals surface area contributed by atoms with Gasteiger partial charge in [0.05, 0.1) is 17.9 Å². The van der Waals surface area contributed by atoms with Crippen molar-refractivity contribution in [2.45, 2.75) is 38.6 Å². The summed E-state index contributed by atoms with van der Waals surface area (Å²) in [5.74, 6) is -0.0522. The number of carboxylic acid groups (broad SMARTS) is 1. The molecule has 202 valence electrons. The molecule has 2 aliphatic rings. The van der Waals surface area contributed by atoms with E-state index in [1.807, 2.05) is 24.3 Å². The van der Waals surface area contributed by atoms with Crippen molar-refractivity contribution in [3.8, 4) is 17.0 Å². The molecule has 3 aromatic rings. The second-order valence-electron chi connectivity index (χ2n) is 9.34. The van der Waals surface area contributed by atoms with Crippen LogP contribution in [-0.4, -0.2) is 64.1 Å². The van der Waals surface area contributed by atoms with E-state index in [9.17, 15) is 19.5 Å². The number of fused-ring (bicyclic) bond motifs is 3. The van der Waals surface area contributed by atoms with Crippen LogP contribution >= 0.6 is 0 Å². The third-order valence-electron chi connectivity index (χ3n) is 6.67. The summed E-state index contributed by atoms with van der Waals surface area (Å²) in [5, 5.41) is 15.2. The van der Waals surface area contributed by atoms with Crippen LogP contribution in [0.4, 0.5) is 28.8 Å². The van der Waals surface area contributed by atoms with Crippen molar-refractivity contribution in [3.05, 3.63) is 42.7 Å². The molecule has 0 saturated carbocycles. The van der Waals surface area contributed by atoms with E-state index in [1.165, 1.54) is 0 Å². The number of unbranched alkanes of at least 4 members (excludes halogenated alkanes) is 1. The summed E-state index contributed by atoms with van der Waals surface area (Å²) in [7, 11) is 0. The number of nitrogens with zero attached hydrogens (tertiary/aromatic N) is 5. The number of benzene rings is 1. The minimum atomic E-state index is -1.04. The zero-order valence-corrected chi connectivity index (χ0v) is 21.5. The lowest BCUT2D eigenvalue weighted by atomic mass is 10.1. The summed E-state index contributed by atoms with van der Waals surface area (Å²) < 4.78 is 5.73. The zero-order valence-electron chi connectivity index (χ0n) is 21.5. The first-order chi connectivity index (χ1) is 19.0. The Kier molecular flexibility index (Phi) is 7.53. The van der Waals surface area contributed by atoms with Gasteiger partial charge >= 0.3 is 5.97 Å². The first-order valence-corrected chi connectivity index (χ1v) is 12.8. The van der Waals surface area contributed by atoms with Crippen LogP contribution in [0.25, 0.3) is 11.1 Å². The Bertz CT molecular complexity index is 1380. The van der Waals surface area contributed by atoms with E-state index in [0.717, 1.165) is 36.9 Å². The minimum absolute atomic E-state index is 0.000971. The molecule has 1 unspecified atom stereocenters. The van der Waals surface area contributed by atoms with Gasteiger partial charge in [0.1, 0.15) is 24.7 Å². The van der Waals surface area contributed by atoms with Crippen molar-refractivity contribution in [3.63, 3.8) is 0 Å². The molecule has 3 N–H and O–H groups in total. The van der Waals surface area contributed by atoms with Gasteiger partial charge in [0.2, 0.25) is 24.1 Å². The lowest BCUT2D eigenvalue weighted by Crippen LogP contribution is -2.40. The molecule has 1 aromatic carbocycles. The van der Waals surface area contributed by atoms with Crippen LogP contribution in [0.5, 0.6) is 5.88 Å². The van der Waals surface area contributed by atoms with Crippen molar-refractivity contribution in [1.82, 2.24) is 15.0 Å². The average molecular weight is 532 g/mol. The summed E-state index contributed by atoms with van der Waals surface area (Å²) in [6.07, 6.45) is 7.07. The van der Waals surface area contributed by atoms with Gasteiger partial charge in [-0.2, -0.15) is 4.98 Å². The molecule has 39 heavy (non-hydrogen) atoms. The van der Waals surface area contributed by atoms with Crippen molar-refractivity contribution in [2.75, 3.05) is 40.1 Å². The Morgan fingerprint density at radius 3 is 2.82 bits per heavy atom. The zero-order chi connectivity index (χ0) is 27.4. The second kappa shape index (κ2) is 11.3. The summed E-state index contributed by atoms with van der Waals surface area (Å²) >= 11 is 0. The van der Waals surface area contributed by atoms with Crippen LogP contribution in [0, 0.1) is 0 Å². The molecule has 0 bridgehead atoms. The fraction of sp³-hybridized carbons (Fsp3) is 0.333. The number of carboxylic acids is 1. The molecule has 2 aromatic heterocycles. The van der Waals surface area contributed by atoms with Crippen molar-refractivity contribution in [1.29, 1.82) is 0 Å². The van der Waals surface area contributed by atoms with Crippen molar-refractivity contribution in [2.24, 2.45) is 0 Å². The molecule has 0 aliphatic carbocycles. The van der Waals surface area contributed by atoms with E-state index in [2.05, 4.69) is 32.5 Å². The summed E-state index contributed by atoms with van der Waals surface area (Å²) in [4.78, 5) is 51.9. The fourth-order valence-electron chi connectivity index (χ4n) is 4.68. The van der Waals surface area contributed by atoms with Crippen LogP contribution < -0.4 is 25.2 Å². The van der Waals surface area contributed by atoms with Crippen LogP contribution in [0.2, 0.25) is 0 Å². The van der Waals surface area contributed by atoms with Gasteiger partial charge in [0, 0.05) is 30.4 Å². The largest absolute Gasteiger partial charge is 0.480 e. The van der Waals surface area contributed by atoms with Gasteiger partial charge in [-0.15, -0.1) is 0 Å². The van der Waals surface area contributed by atoms with Gasteiger partial charge in [-0.3, -0.25) is 14.4 Å². The van der Waals surface area contributed by atoms with Crippen LogP contribution in [0.3, 0.4) is 0 Å². The first-order valence-electron chi connectivity index (χ1n) is 12.8. The predicted octanol–water partition coefficient (Wildman–Crippen LogP) is 3.43. The number of rotatable bonds is 11. The molecule has 1 saturated heterocycles. The topological polar surface area (TPSA) is 150 Å². The quantitative estimate of drug-likeness (QED) is 0.314. The van der Waals surface area contributed by atoms with Gasteiger partial charge in [-0.1, -0.05) is 25.5 Å².